The van der Waals surface area contributed by atoms with Gasteiger partial charge in [0.25, 0.3) is 0 Å². The van der Waals surface area contributed by atoms with Crippen molar-refractivity contribution in [3.8, 4) is 21.7 Å². The van der Waals surface area contributed by atoms with E-state index in [-0.39, 0.29) is 0 Å². The van der Waals surface area contributed by atoms with E-state index < -0.39 is 0 Å². The van der Waals surface area contributed by atoms with Gasteiger partial charge in [-0.25, -0.2) is 9.50 Å². The molecular formula is C18H15N3S. The zero-order chi connectivity index (χ0) is 14.9. The molecule has 3 heterocycles. The Labute approximate surface area is 132 Å². The van der Waals surface area contributed by atoms with E-state index in [1.54, 1.807) is 11.3 Å². The fourth-order valence-corrected chi connectivity index (χ4v) is 3.48. The molecule has 3 nitrogen and oxygen atoms in total. The van der Waals surface area contributed by atoms with E-state index in [0.717, 1.165) is 29.0 Å². The van der Waals surface area contributed by atoms with E-state index >= 15 is 0 Å². The third kappa shape index (κ3) is 2.04. The number of nitrogens with zero attached hydrogens (tertiary/aromatic N) is 3. The molecule has 4 heteroatoms. The van der Waals surface area contributed by atoms with Crippen LogP contribution >= 0.6 is 11.3 Å². The Balaban J connectivity index is 2.04. The highest BCUT2D eigenvalue weighted by Crippen LogP contribution is 2.31. The minimum atomic E-state index is 0.886. The largest absolute Gasteiger partial charge is 0.236 e. The Morgan fingerprint density at radius 1 is 1.05 bits per heavy atom. The molecule has 0 aliphatic heterocycles. The predicted octanol–water partition coefficient (Wildman–Crippen LogP) is 4.69. The van der Waals surface area contributed by atoms with Crippen molar-refractivity contribution >= 4 is 17.0 Å². The van der Waals surface area contributed by atoms with Gasteiger partial charge in [-0.1, -0.05) is 43.3 Å². The number of thiophene rings is 1. The molecule has 3 aromatic heterocycles. The summed E-state index contributed by atoms with van der Waals surface area (Å²) in [7, 11) is 0. The Morgan fingerprint density at radius 2 is 1.91 bits per heavy atom. The van der Waals surface area contributed by atoms with Crippen molar-refractivity contribution in [1.82, 2.24) is 14.6 Å². The Morgan fingerprint density at radius 3 is 2.64 bits per heavy atom. The molecule has 0 bridgehead atoms. The average molecular weight is 305 g/mol. The molecule has 0 amide bonds. The lowest BCUT2D eigenvalue weighted by Crippen LogP contribution is -1.94. The molecule has 1 aromatic carbocycles. The number of aromatic nitrogens is 3. The summed E-state index contributed by atoms with van der Waals surface area (Å²) in [5, 5.41) is 6.91. The summed E-state index contributed by atoms with van der Waals surface area (Å²) < 4.78 is 1.98. The van der Waals surface area contributed by atoms with Gasteiger partial charge >= 0.3 is 0 Å². The summed E-state index contributed by atoms with van der Waals surface area (Å²) in [6.45, 7) is 2.14. The second-order valence-corrected chi connectivity index (χ2v) is 6.03. The van der Waals surface area contributed by atoms with Gasteiger partial charge in [0.15, 0.2) is 5.65 Å². The number of fused-ring (bicyclic) bond motifs is 1. The average Bonchev–Trinajstić information content (AvgIpc) is 3.22. The Hall–Kier alpha value is -2.46. The van der Waals surface area contributed by atoms with Crippen LogP contribution in [-0.2, 0) is 6.42 Å². The fraction of sp³-hybridized carbons (Fsp3) is 0.111. The minimum Gasteiger partial charge on any atom is -0.236 e. The predicted molar refractivity (Wildman–Crippen MR) is 91.1 cm³/mol. The summed E-state index contributed by atoms with van der Waals surface area (Å²) in [6, 6.07) is 16.6. The maximum Gasteiger partial charge on any atom is 0.163 e. The summed E-state index contributed by atoms with van der Waals surface area (Å²) in [5.74, 6) is 0. The lowest BCUT2D eigenvalue weighted by atomic mass is 10.0. The van der Waals surface area contributed by atoms with Crippen LogP contribution in [0.5, 0.6) is 0 Å². The van der Waals surface area contributed by atoms with Crippen LogP contribution in [-0.4, -0.2) is 14.6 Å². The molecule has 4 aromatic rings. The SMILES string of the molecule is CCc1nn2c(-c3cccs3)ccnc2c1-c1ccccc1. The molecule has 0 aliphatic rings. The van der Waals surface area contributed by atoms with E-state index in [1.165, 1.54) is 10.4 Å². The van der Waals surface area contributed by atoms with E-state index in [4.69, 9.17) is 5.10 Å². The van der Waals surface area contributed by atoms with Crippen LogP contribution in [0, 0.1) is 0 Å². The number of aryl methyl sites for hydroxylation is 1. The number of benzene rings is 1. The van der Waals surface area contributed by atoms with E-state index in [2.05, 4.69) is 53.7 Å². The molecule has 0 saturated carbocycles. The smallest absolute Gasteiger partial charge is 0.163 e. The van der Waals surface area contributed by atoms with E-state index in [1.807, 2.05) is 22.8 Å². The molecule has 0 spiro atoms. The Bertz CT molecular complexity index is 908. The first-order valence-corrected chi connectivity index (χ1v) is 8.22. The van der Waals surface area contributed by atoms with Gasteiger partial charge in [-0.3, -0.25) is 0 Å². The van der Waals surface area contributed by atoms with Gasteiger partial charge < -0.3 is 0 Å². The quantitative estimate of drug-likeness (QED) is 0.550. The zero-order valence-electron chi connectivity index (χ0n) is 12.2. The highest BCUT2D eigenvalue weighted by molar-refractivity contribution is 7.13. The topological polar surface area (TPSA) is 30.2 Å². The minimum absolute atomic E-state index is 0.886. The van der Waals surface area contributed by atoms with Crippen molar-refractivity contribution in [2.24, 2.45) is 0 Å². The molecule has 22 heavy (non-hydrogen) atoms. The van der Waals surface area contributed by atoms with Gasteiger partial charge in [0.1, 0.15) is 0 Å². The summed E-state index contributed by atoms with van der Waals surface area (Å²) >= 11 is 1.72. The Kier molecular flexibility index (Phi) is 3.24. The highest BCUT2D eigenvalue weighted by atomic mass is 32.1. The van der Waals surface area contributed by atoms with Gasteiger partial charge in [-0.05, 0) is 29.5 Å². The van der Waals surface area contributed by atoms with Crippen LogP contribution in [0.4, 0.5) is 0 Å². The first-order valence-electron chi connectivity index (χ1n) is 7.34. The van der Waals surface area contributed by atoms with Crippen molar-refractivity contribution < 1.29 is 0 Å². The summed E-state index contributed by atoms with van der Waals surface area (Å²) in [6.07, 6.45) is 2.76. The van der Waals surface area contributed by atoms with E-state index in [9.17, 15) is 0 Å². The van der Waals surface area contributed by atoms with E-state index in [0.29, 0.717) is 0 Å². The number of hydrogen-bond acceptors (Lipinski definition) is 3. The summed E-state index contributed by atoms with van der Waals surface area (Å²) in [4.78, 5) is 5.81. The zero-order valence-corrected chi connectivity index (χ0v) is 13.0. The third-order valence-electron chi connectivity index (χ3n) is 3.76. The highest BCUT2D eigenvalue weighted by Gasteiger charge is 2.17. The fourth-order valence-electron chi connectivity index (χ4n) is 2.75. The molecular weight excluding hydrogens is 290 g/mol. The van der Waals surface area contributed by atoms with Gasteiger partial charge in [0, 0.05) is 11.8 Å². The molecule has 0 fully saturated rings. The van der Waals surface area contributed by atoms with Gasteiger partial charge in [-0.15, -0.1) is 11.3 Å². The number of hydrogen-bond donors (Lipinski definition) is 0. The third-order valence-corrected chi connectivity index (χ3v) is 4.65. The van der Waals surface area contributed by atoms with Crippen LogP contribution in [0.1, 0.15) is 12.6 Å². The number of rotatable bonds is 3. The molecule has 0 atom stereocenters. The van der Waals surface area contributed by atoms with Crippen LogP contribution in [0.2, 0.25) is 0 Å². The van der Waals surface area contributed by atoms with Crippen LogP contribution in [0.3, 0.4) is 0 Å². The normalized spacial score (nSPS) is 11.1. The second kappa shape index (κ2) is 5.39. The lowest BCUT2D eigenvalue weighted by Gasteiger charge is -2.03. The lowest BCUT2D eigenvalue weighted by molar-refractivity contribution is 0.895. The van der Waals surface area contributed by atoms with Gasteiger partial charge in [0.05, 0.1) is 16.3 Å². The molecule has 108 valence electrons. The standard InChI is InChI=1S/C18H15N3S/c1-2-14-17(13-7-4-3-5-8-13)18-19-11-10-15(21(18)20-14)16-9-6-12-22-16/h3-12H,2H2,1H3. The molecule has 0 saturated heterocycles. The first-order chi connectivity index (χ1) is 10.9. The first kappa shape index (κ1) is 13.2. The van der Waals surface area contributed by atoms with Gasteiger partial charge in [-0.2, -0.15) is 5.10 Å². The monoisotopic (exact) mass is 305 g/mol. The van der Waals surface area contributed by atoms with Gasteiger partial charge in [0.2, 0.25) is 0 Å². The molecule has 0 unspecified atom stereocenters. The van der Waals surface area contributed by atoms with Crippen LogP contribution in [0.15, 0.2) is 60.1 Å². The maximum atomic E-state index is 4.82. The maximum absolute atomic E-state index is 4.82. The van der Waals surface area contributed by atoms with Crippen LogP contribution < -0.4 is 0 Å². The van der Waals surface area contributed by atoms with Crippen molar-refractivity contribution in [1.29, 1.82) is 0 Å². The van der Waals surface area contributed by atoms with Crippen molar-refractivity contribution in [2.75, 3.05) is 0 Å². The van der Waals surface area contributed by atoms with Crippen molar-refractivity contribution in [3.63, 3.8) is 0 Å². The van der Waals surface area contributed by atoms with Crippen LogP contribution in [0.25, 0.3) is 27.3 Å². The van der Waals surface area contributed by atoms with Crippen molar-refractivity contribution in [3.05, 3.63) is 65.8 Å². The molecule has 0 N–H and O–H groups in total. The summed E-state index contributed by atoms with van der Waals surface area (Å²) in [5.41, 5.74) is 5.42. The van der Waals surface area contributed by atoms with Crippen molar-refractivity contribution in [2.45, 2.75) is 13.3 Å². The molecule has 4 rings (SSSR count). The second-order valence-electron chi connectivity index (χ2n) is 5.08. The molecule has 0 aliphatic carbocycles. The molecule has 0 radical (unpaired) electrons.